The number of sulfonamides is 1. The van der Waals surface area contributed by atoms with Gasteiger partial charge in [-0.1, -0.05) is 0 Å². The third kappa shape index (κ3) is 3.56. The van der Waals surface area contributed by atoms with Crippen molar-refractivity contribution in [3.05, 3.63) is 29.8 Å². The molecule has 1 saturated heterocycles. The maximum Gasteiger partial charge on any atom is 0.251 e. The molecule has 1 aliphatic rings. The zero-order valence-electron chi connectivity index (χ0n) is 11.3. The minimum Gasteiger partial charge on any atom is -0.381 e. The average Bonchev–Trinajstić information content (AvgIpc) is 2.98. The Hall–Kier alpha value is -1.44. The van der Waals surface area contributed by atoms with Crippen LogP contribution in [0.25, 0.3) is 0 Å². The molecule has 0 spiro atoms. The molecule has 1 atom stereocenters. The number of carbonyl (C=O) groups is 1. The monoisotopic (exact) mass is 298 g/mol. The number of benzene rings is 1. The molecule has 20 heavy (non-hydrogen) atoms. The van der Waals surface area contributed by atoms with Crippen LogP contribution in [0.15, 0.2) is 29.2 Å². The molecule has 1 fully saturated rings. The van der Waals surface area contributed by atoms with Crippen molar-refractivity contribution in [3.63, 3.8) is 0 Å². The first-order valence-corrected chi connectivity index (χ1v) is 7.91. The number of ether oxygens (including phenoxy) is 1. The standard InChI is InChI=1S/C13H18N2O4S/c1-14-20(17,18)12-4-2-11(3-5-12)13(16)15-8-10-6-7-19-9-10/h2-5,10,14H,6-9H2,1H3,(H,15,16)/t10-/m0/s1. The summed E-state index contributed by atoms with van der Waals surface area (Å²) >= 11 is 0. The molecular weight excluding hydrogens is 280 g/mol. The van der Waals surface area contributed by atoms with E-state index in [4.69, 9.17) is 4.74 Å². The van der Waals surface area contributed by atoms with Crippen LogP contribution >= 0.6 is 0 Å². The molecule has 1 aromatic rings. The van der Waals surface area contributed by atoms with Gasteiger partial charge < -0.3 is 10.1 Å². The van der Waals surface area contributed by atoms with E-state index in [2.05, 4.69) is 10.0 Å². The van der Waals surface area contributed by atoms with Crippen LogP contribution in [-0.4, -0.2) is 41.1 Å². The fraction of sp³-hybridized carbons (Fsp3) is 0.462. The lowest BCUT2D eigenvalue weighted by Gasteiger charge is -2.10. The predicted molar refractivity (Wildman–Crippen MR) is 73.9 cm³/mol. The van der Waals surface area contributed by atoms with Crippen LogP contribution in [0.4, 0.5) is 0 Å². The van der Waals surface area contributed by atoms with Crippen molar-refractivity contribution in [2.75, 3.05) is 26.8 Å². The Labute approximate surface area is 118 Å². The van der Waals surface area contributed by atoms with Gasteiger partial charge in [0.2, 0.25) is 10.0 Å². The van der Waals surface area contributed by atoms with Crippen LogP contribution in [0.2, 0.25) is 0 Å². The second kappa shape index (κ2) is 6.34. The topological polar surface area (TPSA) is 84.5 Å². The Kier molecular flexibility index (Phi) is 4.74. The molecule has 0 aromatic heterocycles. The van der Waals surface area contributed by atoms with Gasteiger partial charge in [-0.05, 0) is 37.7 Å². The van der Waals surface area contributed by atoms with Crippen LogP contribution in [0.5, 0.6) is 0 Å². The number of rotatable bonds is 5. The smallest absolute Gasteiger partial charge is 0.251 e. The second-order valence-corrected chi connectivity index (χ2v) is 6.56. The van der Waals surface area contributed by atoms with E-state index in [1.807, 2.05) is 0 Å². The zero-order valence-corrected chi connectivity index (χ0v) is 12.1. The molecule has 0 bridgehead atoms. The Balaban J connectivity index is 1.97. The van der Waals surface area contributed by atoms with Crippen molar-refractivity contribution in [1.29, 1.82) is 0 Å². The maximum atomic E-state index is 11.9. The highest BCUT2D eigenvalue weighted by Gasteiger charge is 2.17. The summed E-state index contributed by atoms with van der Waals surface area (Å²) in [6.07, 6.45) is 0.958. The van der Waals surface area contributed by atoms with Gasteiger partial charge in [-0.3, -0.25) is 4.79 Å². The molecule has 7 heteroatoms. The molecule has 1 amide bonds. The summed E-state index contributed by atoms with van der Waals surface area (Å²) in [5.41, 5.74) is 0.443. The largest absolute Gasteiger partial charge is 0.381 e. The highest BCUT2D eigenvalue weighted by molar-refractivity contribution is 7.89. The van der Waals surface area contributed by atoms with Crippen LogP contribution in [-0.2, 0) is 14.8 Å². The van der Waals surface area contributed by atoms with Gasteiger partial charge >= 0.3 is 0 Å². The van der Waals surface area contributed by atoms with E-state index in [9.17, 15) is 13.2 Å². The fourth-order valence-electron chi connectivity index (χ4n) is 1.99. The van der Waals surface area contributed by atoms with Gasteiger partial charge in [0.05, 0.1) is 11.5 Å². The van der Waals surface area contributed by atoms with Crippen molar-refractivity contribution in [3.8, 4) is 0 Å². The minimum atomic E-state index is -3.46. The highest BCUT2D eigenvalue weighted by atomic mass is 32.2. The third-order valence-corrected chi connectivity index (χ3v) is 4.70. The molecule has 6 nitrogen and oxygen atoms in total. The molecule has 0 unspecified atom stereocenters. The summed E-state index contributed by atoms with van der Waals surface area (Å²) in [5.74, 6) is 0.160. The summed E-state index contributed by atoms with van der Waals surface area (Å²) < 4.78 is 30.6. The van der Waals surface area contributed by atoms with Gasteiger partial charge in [0.15, 0.2) is 0 Å². The fourth-order valence-corrected chi connectivity index (χ4v) is 2.72. The van der Waals surface area contributed by atoms with Gasteiger partial charge in [-0.2, -0.15) is 0 Å². The number of hydrogen-bond acceptors (Lipinski definition) is 4. The summed E-state index contributed by atoms with van der Waals surface area (Å²) in [6, 6.07) is 5.84. The lowest BCUT2D eigenvalue weighted by atomic mass is 10.1. The van der Waals surface area contributed by atoms with Gasteiger partial charge in [0.25, 0.3) is 5.91 Å². The normalized spacial score (nSPS) is 18.9. The van der Waals surface area contributed by atoms with Crippen molar-refractivity contribution in [2.45, 2.75) is 11.3 Å². The van der Waals surface area contributed by atoms with Crippen LogP contribution in [0.1, 0.15) is 16.8 Å². The summed E-state index contributed by atoms with van der Waals surface area (Å²) in [7, 11) is -2.12. The van der Waals surface area contributed by atoms with E-state index in [0.29, 0.717) is 24.6 Å². The second-order valence-electron chi connectivity index (χ2n) is 4.67. The molecular formula is C13H18N2O4S. The van der Waals surface area contributed by atoms with E-state index >= 15 is 0 Å². The number of nitrogens with one attached hydrogen (secondary N) is 2. The van der Waals surface area contributed by atoms with Crippen LogP contribution in [0.3, 0.4) is 0 Å². The van der Waals surface area contributed by atoms with E-state index in [1.165, 1.54) is 31.3 Å². The summed E-state index contributed by atoms with van der Waals surface area (Å²) in [6.45, 7) is 2.01. The van der Waals surface area contributed by atoms with Crippen molar-refractivity contribution >= 4 is 15.9 Å². The number of amides is 1. The number of hydrogen-bond donors (Lipinski definition) is 2. The average molecular weight is 298 g/mol. The van der Waals surface area contributed by atoms with Crippen LogP contribution in [0, 0.1) is 5.92 Å². The summed E-state index contributed by atoms with van der Waals surface area (Å²) in [5, 5.41) is 2.83. The minimum absolute atomic E-state index is 0.140. The van der Waals surface area contributed by atoms with Crippen molar-refractivity contribution < 1.29 is 17.9 Å². The Bertz CT molecular complexity index is 563. The van der Waals surface area contributed by atoms with Gasteiger partial charge in [0.1, 0.15) is 0 Å². The van der Waals surface area contributed by atoms with Crippen LogP contribution < -0.4 is 10.0 Å². The highest BCUT2D eigenvalue weighted by Crippen LogP contribution is 2.12. The van der Waals surface area contributed by atoms with Gasteiger partial charge in [-0.25, -0.2) is 13.1 Å². The van der Waals surface area contributed by atoms with E-state index in [-0.39, 0.29) is 10.8 Å². The molecule has 1 aromatic carbocycles. The maximum absolute atomic E-state index is 11.9. The summed E-state index contributed by atoms with van der Waals surface area (Å²) in [4.78, 5) is 12.1. The third-order valence-electron chi connectivity index (χ3n) is 3.27. The first kappa shape index (κ1) is 15.0. The molecule has 2 N–H and O–H groups in total. The molecule has 0 saturated carbocycles. The van der Waals surface area contributed by atoms with Gasteiger partial charge in [-0.15, -0.1) is 0 Å². The van der Waals surface area contributed by atoms with E-state index in [0.717, 1.165) is 13.0 Å². The molecule has 2 rings (SSSR count). The molecule has 110 valence electrons. The Morgan fingerprint density at radius 2 is 2.05 bits per heavy atom. The first-order chi connectivity index (χ1) is 9.53. The SMILES string of the molecule is CNS(=O)(=O)c1ccc(C(=O)NC[C@@H]2CCOC2)cc1. The van der Waals surface area contributed by atoms with E-state index < -0.39 is 10.0 Å². The zero-order chi connectivity index (χ0) is 14.6. The molecule has 1 heterocycles. The van der Waals surface area contributed by atoms with E-state index in [1.54, 1.807) is 0 Å². The first-order valence-electron chi connectivity index (χ1n) is 6.42. The van der Waals surface area contributed by atoms with Gasteiger partial charge in [0, 0.05) is 24.6 Å². The lowest BCUT2D eigenvalue weighted by molar-refractivity contribution is 0.0945. The quantitative estimate of drug-likeness (QED) is 0.822. The van der Waals surface area contributed by atoms with Crippen molar-refractivity contribution in [2.24, 2.45) is 5.92 Å². The van der Waals surface area contributed by atoms with Crippen molar-refractivity contribution in [1.82, 2.24) is 10.0 Å². The molecule has 0 radical (unpaired) electrons. The Morgan fingerprint density at radius 1 is 1.35 bits per heavy atom. The predicted octanol–water partition coefficient (Wildman–Crippen LogP) is 0.361. The molecule has 0 aliphatic carbocycles. The lowest BCUT2D eigenvalue weighted by Crippen LogP contribution is -2.29. The molecule has 1 aliphatic heterocycles. The number of carbonyl (C=O) groups excluding carboxylic acids is 1. The Morgan fingerprint density at radius 3 is 2.60 bits per heavy atom.